The van der Waals surface area contributed by atoms with Crippen LogP contribution in [0.5, 0.6) is 0 Å². The maximum absolute atomic E-state index is 12.3. The number of benzene rings is 1. The quantitative estimate of drug-likeness (QED) is 0.667. The smallest absolute Gasteiger partial charge is 0.327 e. The first-order valence-electron chi connectivity index (χ1n) is 6.99. The lowest BCUT2D eigenvalue weighted by molar-refractivity contribution is -0.138. The van der Waals surface area contributed by atoms with Gasteiger partial charge in [-0.2, -0.15) is 11.8 Å². The van der Waals surface area contributed by atoms with Gasteiger partial charge in [0.2, 0.25) is 0 Å². The second-order valence-electron chi connectivity index (χ2n) is 5.11. The number of fused-ring (bicyclic) bond motifs is 3. The molecular weight excluding hydrogens is 314 g/mol. The Hall–Kier alpha value is -2.54. The van der Waals surface area contributed by atoms with E-state index in [0.29, 0.717) is 5.75 Å². The van der Waals surface area contributed by atoms with Crippen molar-refractivity contribution < 1.29 is 14.7 Å². The summed E-state index contributed by atoms with van der Waals surface area (Å²) in [6, 6.07) is 8.52. The molecular formula is C16H15N3O3S. The Labute approximate surface area is 136 Å². The van der Waals surface area contributed by atoms with Crippen molar-refractivity contribution in [1.29, 1.82) is 0 Å². The number of pyridine rings is 1. The highest BCUT2D eigenvalue weighted by atomic mass is 32.2. The van der Waals surface area contributed by atoms with Crippen LogP contribution >= 0.6 is 11.8 Å². The Kier molecular flexibility index (Phi) is 4.20. The molecule has 0 radical (unpaired) electrons. The third kappa shape index (κ3) is 3.00. The summed E-state index contributed by atoms with van der Waals surface area (Å²) in [5.41, 5.74) is 2.00. The van der Waals surface area contributed by atoms with Crippen molar-refractivity contribution in [2.45, 2.75) is 6.04 Å². The predicted molar refractivity (Wildman–Crippen MR) is 90.9 cm³/mol. The van der Waals surface area contributed by atoms with Crippen LogP contribution < -0.4 is 5.32 Å². The van der Waals surface area contributed by atoms with E-state index in [0.717, 1.165) is 21.8 Å². The van der Waals surface area contributed by atoms with Crippen molar-refractivity contribution in [3.63, 3.8) is 0 Å². The average Bonchev–Trinajstić information content (AvgIpc) is 2.92. The fraction of sp³-hybridized carbons (Fsp3) is 0.188. The summed E-state index contributed by atoms with van der Waals surface area (Å²) in [6.07, 6.45) is 3.38. The van der Waals surface area contributed by atoms with E-state index in [1.807, 2.05) is 24.3 Å². The summed E-state index contributed by atoms with van der Waals surface area (Å²) in [4.78, 5) is 30.8. The molecule has 6 nitrogen and oxygen atoms in total. The number of rotatable bonds is 5. The second kappa shape index (κ2) is 6.29. The van der Waals surface area contributed by atoms with E-state index >= 15 is 0 Å². The topological polar surface area (TPSA) is 95.1 Å². The SMILES string of the molecule is CSCC(NC(=O)c1cc2c(cn1)[nH]c1ccccc12)C(=O)O. The molecule has 0 saturated heterocycles. The predicted octanol–water partition coefficient (Wildman–Crippen LogP) is 2.26. The summed E-state index contributed by atoms with van der Waals surface area (Å²) in [7, 11) is 0. The third-order valence-corrected chi connectivity index (χ3v) is 4.23. The van der Waals surface area contributed by atoms with Crippen molar-refractivity contribution >= 4 is 45.4 Å². The zero-order chi connectivity index (χ0) is 16.4. The van der Waals surface area contributed by atoms with Crippen LogP contribution in [0.3, 0.4) is 0 Å². The molecule has 3 rings (SSSR count). The lowest BCUT2D eigenvalue weighted by atomic mass is 10.1. The molecule has 118 valence electrons. The van der Waals surface area contributed by atoms with Gasteiger partial charge in [0.15, 0.2) is 0 Å². The van der Waals surface area contributed by atoms with Crippen LogP contribution in [0.15, 0.2) is 36.5 Å². The van der Waals surface area contributed by atoms with Gasteiger partial charge in [-0.05, 0) is 18.4 Å². The van der Waals surface area contributed by atoms with E-state index in [4.69, 9.17) is 5.11 Å². The molecule has 2 aromatic heterocycles. The molecule has 1 amide bonds. The molecule has 1 atom stereocenters. The van der Waals surface area contributed by atoms with Crippen molar-refractivity contribution in [2.75, 3.05) is 12.0 Å². The standard InChI is InChI=1S/C16H15N3O3S/c1-23-8-14(16(21)22)19-15(20)12-6-10-9-4-2-3-5-11(9)18-13(10)7-17-12/h2-7,14,18H,8H2,1H3,(H,19,20)(H,21,22). The number of aromatic nitrogens is 2. The van der Waals surface area contributed by atoms with E-state index in [2.05, 4.69) is 15.3 Å². The maximum Gasteiger partial charge on any atom is 0.327 e. The van der Waals surface area contributed by atoms with Gasteiger partial charge in [0.05, 0.1) is 11.7 Å². The zero-order valence-corrected chi connectivity index (χ0v) is 13.2. The van der Waals surface area contributed by atoms with Gasteiger partial charge >= 0.3 is 5.97 Å². The van der Waals surface area contributed by atoms with Crippen molar-refractivity contribution in [1.82, 2.24) is 15.3 Å². The Morgan fingerprint density at radius 2 is 2.09 bits per heavy atom. The molecule has 7 heteroatoms. The highest BCUT2D eigenvalue weighted by molar-refractivity contribution is 7.98. The third-order valence-electron chi connectivity index (χ3n) is 3.56. The number of H-pyrrole nitrogens is 1. The molecule has 3 aromatic rings. The number of nitrogens with zero attached hydrogens (tertiary/aromatic N) is 1. The van der Waals surface area contributed by atoms with E-state index in [9.17, 15) is 9.59 Å². The number of carbonyl (C=O) groups excluding carboxylic acids is 1. The Morgan fingerprint density at radius 3 is 2.83 bits per heavy atom. The number of nitrogens with one attached hydrogen (secondary N) is 2. The normalized spacial score (nSPS) is 12.4. The van der Waals surface area contributed by atoms with E-state index in [1.54, 1.807) is 18.5 Å². The Bertz CT molecular complexity index is 891. The van der Waals surface area contributed by atoms with Crippen LogP contribution in [0.4, 0.5) is 0 Å². The molecule has 3 N–H and O–H groups in total. The molecule has 0 fully saturated rings. The van der Waals surface area contributed by atoms with Gasteiger partial charge in [0.25, 0.3) is 5.91 Å². The Morgan fingerprint density at radius 1 is 1.30 bits per heavy atom. The lowest BCUT2D eigenvalue weighted by Crippen LogP contribution is -2.42. The van der Waals surface area contributed by atoms with E-state index < -0.39 is 17.9 Å². The minimum atomic E-state index is -1.05. The minimum absolute atomic E-state index is 0.203. The minimum Gasteiger partial charge on any atom is -0.480 e. The van der Waals surface area contributed by atoms with Crippen molar-refractivity contribution in [3.05, 3.63) is 42.2 Å². The number of amides is 1. The molecule has 0 bridgehead atoms. The maximum atomic E-state index is 12.3. The highest BCUT2D eigenvalue weighted by Gasteiger charge is 2.21. The van der Waals surface area contributed by atoms with Crippen molar-refractivity contribution in [3.8, 4) is 0 Å². The number of para-hydroxylation sites is 1. The molecule has 0 aliphatic carbocycles. The fourth-order valence-corrected chi connectivity index (χ4v) is 3.01. The molecule has 23 heavy (non-hydrogen) atoms. The van der Waals surface area contributed by atoms with Crippen LogP contribution in [0.2, 0.25) is 0 Å². The number of carbonyl (C=O) groups is 2. The summed E-state index contributed by atoms with van der Waals surface area (Å²) < 4.78 is 0. The van der Waals surface area contributed by atoms with Gasteiger partial charge in [-0.1, -0.05) is 18.2 Å². The van der Waals surface area contributed by atoms with Gasteiger partial charge in [-0.25, -0.2) is 9.78 Å². The number of carboxylic acids is 1. The summed E-state index contributed by atoms with van der Waals surface area (Å²) in [6.45, 7) is 0. The molecule has 0 aliphatic heterocycles. The molecule has 0 aliphatic rings. The van der Waals surface area contributed by atoms with Crippen LogP contribution in [0.1, 0.15) is 10.5 Å². The van der Waals surface area contributed by atoms with Gasteiger partial charge in [-0.15, -0.1) is 0 Å². The monoisotopic (exact) mass is 329 g/mol. The van der Waals surface area contributed by atoms with Gasteiger partial charge < -0.3 is 15.4 Å². The van der Waals surface area contributed by atoms with Crippen LogP contribution in [0.25, 0.3) is 21.8 Å². The number of aliphatic carboxylic acids is 1. The number of hydrogen-bond acceptors (Lipinski definition) is 4. The lowest BCUT2D eigenvalue weighted by Gasteiger charge is -2.12. The van der Waals surface area contributed by atoms with Gasteiger partial charge in [0.1, 0.15) is 11.7 Å². The largest absolute Gasteiger partial charge is 0.480 e. The molecule has 2 heterocycles. The van der Waals surface area contributed by atoms with E-state index in [1.165, 1.54) is 11.8 Å². The van der Waals surface area contributed by atoms with Crippen LogP contribution in [0, 0.1) is 0 Å². The first kappa shape index (κ1) is 15.4. The van der Waals surface area contributed by atoms with Gasteiger partial charge in [-0.3, -0.25) is 4.79 Å². The van der Waals surface area contributed by atoms with E-state index in [-0.39, 0.29) is 5.69 Å². The summed E-state index contributed by atoms with van der Waals surface area (Å²) in [5.74, 6) is -1.24. The van der Waals surface area contributed by atoms with Crippen LogP contribution in [-0.2, 0) is 4.79 Å². The highest BCUT2D eigenvalue weighted by Crippen LogP contribution is 2.24. The number of carboxylic acid groups (broad SMARTS) is 1. The molecule has 0 spiro atoms. The zero-order valence-electron chi connectivity index (χ0n) is 12.4. The van der Waals surface area contributed by atoms with Gasteiger partial charge in [0, 0.05) is 22.0 Å². The second-order valence-corrected chi connectivity index (χ2v) is 6.02. The van der Waals surface area contributed by atoms with Crippen molar-refractivity contribution in [2.24, 2.45) is 0 Å². The number of thioether (sulfide) groups is 1. The first-order chi connectivity index (χ1) is 11.1. The number of hydrogen-bond donors (Lipinski definition) is 3. The summed E-state index contributed by atoms with van der Waals surface area (Å²) >= 11 is 1.36. The first-order valence-corrected chi connectivity index (χ1v) is 8.38. The summed E-state index contributed by atoms with van der Waals surface area (Å²) in [5, 5.41) is 13.5. The molecule has 1 aromatic carbocycles. The molecule has 0 saturated carbocycles. The number of aromatic amines is 1. The average molecular weight is 329 g/mol. The fourth-order valence-electron chi connectivity index (χ4n) is 2.45. The van der Waals surface area contributed by atoms with Crippen LogP contribution in [-0.4, -0.2) is 45.0 Å². The molecule has 1 unspecified atom stereocenters. The Balaban J connectivity index is 1.94.